The third-order valence-corrected chi connectivity index (χ3v) is 7.93. The number of hydrogen-bond donors (Lipinski definition) is 1. The summed E-state index contributed by atoms with van der Waals surface area (Å²) < 4.78 is 5.79. The molecule has 146 valence electrons. The lowest BCUT2D eigenvalue weighted by atomic mass is 9.97. The number of esters is 1. The number of rotatable bonds is 7. The van der Waals surface area contributed by atoms with Crippen molar-refractivity contribution < 1.29 is 14.3 Å². The van der Waals surface area contributed by atoms with Crippen LogP contribution in [0.25, 0.3) is 0 Å². The number of amides is 1. The molecule has 1 atom stereocenters. The molecule has 1 heterocycles. The van der Waals surface area contributed by atoms with Crippen LogP contribution >= 0.6 is 23.5 Å². The van der Waals surface area contributed by atoms with Gasteiger partial charge in [0.25, 0.3) is 5.91 Å². The van der Waals surface area contributed by atoms with Crippen LogP contribution in [-0.4, -0.2) is 36.0 Å². The summed E-state index contributed by atoms with van der Waals surface area (Å²) in [5, 5.41) is 2.87. The number of benzene rings is 1. The van der Waals surface area contributed by atoms with Crippen LogP contribution in [0.4, 0.5) is 0 Å². The zero-order chi connectivity index (χ0) is 19.1. The van der Waals surface area contributed by atoms with E-state index in [9.17, 15) is 9.59 Å². The summed E-state index contributed by atoms with van der Waals surface area (Å²) in [6, 6.07) is 7.54. The van der Waals surface area contributed by atoms with Gasteiger partial charge >= 0.3 is 5.97 Å². The van der Waals surface area contributed by atoms with E-state index in [-0.39, 0.29) is 5.91 Å². The van der Waals surface area contributed by atoms with E-state index in [4.69, 9.17) is 4.74 Å². The molecule has 0 bridgehead atoms. The van der Waals surface area contributed by atoms with Crippen LogP contribution < -0.4 is 5.32 Å². The normalized spacial score (nSPS) is 18.6. The molecule has 0 aromatic heterocycles. The second-order valence-electron chi connectivity index (χ2n) is 6.89. The lowest BCUT2D eigenvalue weighted by Crippen LogP contribution is -2.36. The molecule has 0 spiro atoms. The molecule has 3 rings (SSSR count). The summed E-state index contributed by atoms with van der Waals surface area (Å²) in [6.45, 7) is 2.21. The van der Waals surface area contributed by atoms with E-state index in [1.54, 1.807) is 19.1 Å². The van der Waals surface area contributed by atoms with Crippen molar-refractivity contribution in [3.05, 3.63) is 47.0 Å². The predicted molar refractivity (Wildman–Crippen MR) is 113 cm³/mol. The van der Waals surface area contributed by atoms with Crippen LogP contribution in [0.5, 0.6) is 0 Å². The van der Waals surface area contributed by atoms with E-state index < -0.39 is 12.1 Å². The number of carbonyl (C=O) groups excluding carboxylic acids is 2. The Morgan fingerprint density at radius 1 is 1.19 bits per heavy atom. The molecule has 0 unspecified atom stereocenters. The Labute approximate surface area is 169 Å². The average Bonchev–Trinajstić information content (AvgIpc) is 3.23. The second-order valence-corrected chi connectivity index (χ2v) is 9.62. The van der Waals surface area contributed by atoms with Crippen molar-refractivity contribution in [3.63, 3.8) is 0 Å². The molecule has 1 aromatic carbocycles. The lowest BCUT2D eigenvalue weighted by molar-refractivity contribution is -0.129. The van der Waals surface area contributed by atoms with E-state index in [1.165, 1.54) is 35.5 Å². The van der Waals surface area contributed by atoms with Crippen LogP contribution in [0, 0.1) is 0 Å². The largest absolute Gasteiger partial charge is 0.449 e. The van der Waals surface area contributed by atoms with Crippen molar-refractivity contribution in [2.75, 3.05) is 18.1 Å². The van der Waals surface area contributed by atoms with Crippen molar-refractivity contribution in [2.45, 2.75) is 49.7 Å². The van der Waals surface area contributed by atoms with Gasteiger partial charge in [0.1, 0.15) is 0 Å². The van der Waals surface area contributed by atoms with Crippen molar-refractivity contribution in [1.29, 1.82) is 0 Å². The second kappa shape index (κ2) is 10.2. The van der Waals surface area contributed by atoms with Gasteiger partial charge in [-0.25, -0.2) is 4.79 Å². The molecule has 0 saturated carbocycles. The first-order valence-electron chi connectivity index (χ1n) is 9.63. The third kappa shape index (κ3) is 6.04. The van der Waals surface area contributed by atoms with Gasteiger partial charge in [-0.2, -0.15) is 0 Å². The molecule has 27 heavy (non-hydrogen) atoms. The highest BCUT2D eigenvalue weighted by Gasteiger charge is 2.21. The number of carbonyl (C=O) groups is 2. The first-order valence-corrected chi connectivity index (χ1v) is 11.7. The molecule has 0 radical (unpaired) electrons. The van der Waals surface area contributed by atoms with Gasteiger partial charge in [-0.05, 0) is 56.7 Å². The zero-order valence-corrected chi connectivity index (χ0v) is 17.4. The summed E-state index contributed by atoms with van der Waals surface area (Å²) in [4.78, 5) is 24.5. The predicted octanol–water partition coefficient (Wildman–Crippen LogP) is 4.72. The molecule has 2 aliphatic rings. The molecular formula is C21H27NO3S2. The fourth-order valence-electron chi connectivity index (χ4n) is 3.23. The molecular weight excluding hydrogens is 378 g/mol. The highest BCUT2D eigenvalue weighted by Crippen LogP contribution is 2.45. The fraction of sp³-hybridized carbons (Fsp3) is 0.524. The van der Waals surface area contributed by atoms with Gasteiger partial charge in [-0.1, -0.05) is 23.8 Å². The summed E-state index contributed by atoms with van der Waals surface area (Å²) in [6.07, 6.45) is 7.16. The Morgan fingerprint density at radius 3 is 2.59 bits per heavy atom. The van der Waals surface area contributed by atoms with Gasteiger partial charge in [-0.15, -0.1) is 23.5 Å². The number of hydrogen-bond acceptors (Lipinski definition) is 5. The smallest absolute Gasteiger partial charge is 0.338 e. The summed E-state index contributed by atoms with van der Waals surface area (Å²) in [5.41, 5.74) is 3.13. The first kappa shape index (κ1) is 20.3. The van der Waals surface area contributed by atoms with Crippen molar-refractivity contribution in [2.24, 2.45) is 0 Å². The monoisotopic (exact) mass is 405 g/mol. The van der Waals surface area contributed by atoms with Crippen LogP contribution in [0.1, 0.15) is 59.5 Å². The van der Waals surface area contributed by atoms with E-state index in [2.05, 4.69) is 11.4 Å². The van der Waals surface area contributed by atoms with Gasteiger partial charge in [0, 0.05) is 18.1 Å². The zero-order valence-electron chi connectivity index (χ0n) is 15.7. The summed E-state index contributed by atoms with van der Waals surface area (Å²) in [5.74, 6) is 1.65. The highest BCUT2D eigenvalue weighted by molar-refractivity contribution is 8.19. The maximum absolute atomic E-state index is 12.3. The molecule has 6 heteroatoms. The Morgan fingerprint density at radius 2 is 1.93 bits per heavy atom. The average molecular weight is 406 g/mol. The van der Waals surface area contributed by atoms with Crippen molar-refractivity contribution in [3.8, 4) is 0 Å². The first-order chi connectivity index (χ1) is 13.1. The van der Waals surface area contributed by atoms with Gasteiger partial charge in [-0.3, -0.25) is 4.79 Å². The molecule has 1 fully saturated rings. The van der Waals surface area contributed by atoms with Crippen LogP contribution in [0.3, 0.4) is 0 Å². The van der Waals surface area contributed by atoms with Crippen molar-refractivity contribution in [1.82, 2.24) is 5.32 Å². The molecule has 4 nitrogen and oxygen atoms in total. The Balaban J connectivity index is 1.43. The minimum absolute atomic E-state index is 0.241. The third-order valence-electron chi connectivity index (χ3n) is 4.82. The minimum Gasteiger partial charge on any atom is -0.449 e. The van der Waals surface area contributed by atoms with E-state index in [0.29, 0.717) is 16.7 Å². The van der Waals surface area contributed by atoms with Gasteiger partial charge in [0.15, 0.2) is 6.10 Å². The molecule has 1 aromatic rings. The Hall–Kier alpha value is -1.40. The molecule has 1 aliphatic carbocycles. The maximum atomic E-state index is 12.3. The van der Waals surface area contributed by atoms with Crippen LogP contribution in [-0.2, 0) is 9.53 Å². The van der Waals surface area contributed by atoms with E-state index in [0.717, 1.165) is 19.3 Å². The minimum atomic E-state index is -0.793. The fourth-order valence-corrected chi connectivity index (χ4v) is 6.09. The highest BCUT2D eigenvalue weighted by atomic mass is 32.2. The SMILES string of the molecule is C[C@@H](OC(=O)c1ccc(C2SCCS2)cc1)C(=O)NCCC1=CCCCC1. The number of nitrogens with one attached hydrogen (secondary N) is 1. The molecule has 1 amide bonds. The summed E-state index contributed by atoms with van der Waals surface area (Å²) >= 11 is 3.86. The topological polar surface area (TPSA) is 55.4 Å². The van der Waals surface area contributed by atoms with Gasteiger partial charge in [0.2, 0.25) is 0 Å². The quantitative estimate of drug-likeness (QED) is 0.526. The Kier molecular flexibility index (Phi) is 7.70. The van der Waals surface area contributed by atoms with Crippen LogP contribution in [0.2, 0.25) is 0 Å². The van der Waals surface area contributed by atoms with Crippen molar-refractivity contribution >= 4 is 35.4 Å². The number of allylic oxidation sites excluding steroid dienone is 1. The lowest BCUT2D eigenvalue weighted by Gasteiger charge is -2.16. The van der Waals surface area contributed by atoms with Gasteiger partial charge < -0.3 is 10.1 Å². The number of thioether (sulfide) groups is 2. The van der Waals surface area contributed by atoms with E-state index in [1.807, 2.05) is 35.7 Å². The molecule has 1 aliphatic heterocycles. The number of ether oxygens (including phenoxy) is 1. The summed E-state index contributed by atoms with van der Waals surface area (Å²) in [7, 11) is 0. The Bertz CT molecular complexity index is 681. The van der Waals surface area contributed by atoms with Gasteiger partial charge in [0.05, 0.1) is 10.1 Å². The standard InChI is InChI=1S/C21H27NO3S2/c1-15(19(23)22-12-11-16-5-3-2-4-6-16)25-20(24)17-7-9-18(10-8-17)21-26-13-14-27-21/h5,7-10,15,21H,2-4,6,11-14H2,1H3,(H,22,23)/t15-/m1/s1. The maximum Gasteiger partial charge on any atom is 0.338 e. The van der Waals surface area contributed by atoms with E-state index >= 15 is 0 Å². The van der Waals surface area contributed by atoms with Crippen LogP contribution in [0.15, 0.2) is 35.9 Å². The molecule has 1 N–H and O–H groups in total. The molecule has 1 saturated heterocycles.